The van der Waals surface area contributed by atoms with E-state index in [0.29, 0.717) is 12.1 Å². The molecule has 0 aliphatic carbocycles. The SMILES string of the molecule is Cc1nc2ccccc2n1Cc1ccccc1[N+](=O)[O-]. The van der Waals surface area contributed by atoms with Crippen LogP contribution in [0.15, 0.2) is 48.5 Å². The van der Waals surface area contributed by atoms with Gasteiger partial charge in [0.15, 0.2) is 0 Å². The topological polar surface area (TPSA) is 61.0 Å². The summed E-state index contributed by atoms with van der Waals surface area (Å²) in [5, 5.41) is 11.1. The first-order valence-electron chi connectivity index (χ1n) is 6.31. The Morgan fingerprint density at radius 2 is 1.85 bits per heavy atom. The lowest BCUT2D eigenvalue weighted by atomic mass is 10.1. The van der Waals surface area contributed by atoms with Gasteiger partial charge in [0.1, 0.15) is 5.82 Å². The molecule has 0 amide bonds. The standard InChI is InChI=1S/C15H13N3O2/c1-11-16-13-7-3-5-9-15(13)17(11)10-12-6-2-4-8-14(12)18(19)20/h2-9H,10H2,1H3. The van der Waals surface area contributed by atoms with Crippen molar-refractivity contribution in [3.63, 3.8) is 0 Å². The van der Waals surface area contributed by atoms with Crippen molar-refractivity contribution in [2.75, 3.05) is 0 Å². The summed E-state index contributed by atoms with van der Waals surface area (Å²) in [7, 11) is 0. The third kappa shape index (κ3) is 2.03. The quantitative estimate of drug-likeness (QED) is 0.540. The number of hydrogen-bond acceptors (Lipinski definition) is 3. The van der Waals surface area contributed by atoms with Crippen LogP contribution in [0.1, 0.15) is 11.4 Å². The zero-order chi connectivity index (χ0) is 14.1. The second-order valence-corrected chi connectivity index (χ2v) is 4.62. The van der Waals surface area contributed by atoms with Crippen LogP contribution < -0.4 is 0 Å². The smallest absolute Gasteiger partial charge is 0.274 e. The largest absolute Gasteiger partial charge is 0.323 e. The van der Waals surface area contributed by atoms with Crippen LogP contribution in [0.2, 0.25) is 0 Å². The fourth-order valence-corrected chi connectivity index (χ4v) is 2.39. The van der Waals surface area contributed by atoms with E-state index in [1.807, 2.05) is 41.8 Å². The van der Waals surface area contributed by atoms with Crippen molar-refractivity contribution >= 4 is 16.7 Å². The second-order valence-electron chi connectivity index (χ2n) is 4.62. The summed E-state index contributed by atoms with van der Waals surface area (Å²) in [6, 6.07) is 14.6. The molecule has 5 nitrogen and oxygen atoms in total. The minimum Gasteiger partial charge on any atom is -0.323 e. The highest BCUT2D eigenvalue weighted by Crippen LogP contribution is 2.22. The predicted molar refractivity (Wildman–Crippen MR) is 76.7 cm³/mol. The summed E-state index contributed by atoms with van der Waals surface area (Å²) in [5.41, 5.74) is 2.72. The number of imidazole rings is 1. The van der Waals surface area contributed by atoms with E-state index in [4.69, 9.17) is 0 Å². The van der Waals surface area contributed by atoms with Crippen molar-refractivity contribution in [1.82, 2.24) is 9.55 Å². The number of aryl methyl sites for hydroxylation is 1. The molecule has 0 bridgehead atoms. The predicted octanol–water partition coefficient (Wildman–Crippen LogP) is 3.30. The van der Waals surface area contributed by atoms with Crippen molar-refractivity contribution in [3.05, 3.63) is 70.0 Å². The van der Waals surface area contributed by atoms with Crippen molar-refractivity contribution < 1.29 is 4.92 Å². The summed E-state index contributed by atoms with van der Waals surface area (Å²) >= 11 is 0. The molecule has 0 aliphatic heterocycles. The van der Waals surface area contributed by atoms with Crippen molar-refractivity contribution in [3.8, 4) is 0 Å². The van der Waals surface area contributed by atoms with Gasteiger partial charge in [0, 0.05) is 11.6 Å². The van der Waals surface area contributed by atoms with E-state index in [9.17, 15) is 10.1 Å². The highest BCUT2D eigenvalue weighted by molar-refractivity contribution is 5.76. The van der Waals surface area contributed by atoms with Gasteiger partial charge in [-0.2, -0.15) is 0 Å². The van der Waals surface area contributed by atoms with E-state index in [-0.39, 0.29) is 10.6 Å². The molecule has 0 saturated heterocycles. The minimum atomic E-state index is -0.343. The molecule has 1 aromatic heterocycles. The van der Waals surface area contributed by atoms with Crippen molar-refractivity contribution in [2.45, 2.75) is 13.5 Å². The molecule has 0 N–H and O–H groups in total. The van der Waals surface area contributed by atoms with Crippen LogP contribution >= 0.6 is 0 Å². The molecule has 100 valence electrons. The van der Waals surface area contributed by atoms with Gasteiger partial charge in [-0.1, -0.05) is 30.3 Å². The zero-order valence-electron chi connectivity index (χ0n) is 11.0. The molecule has 2 aromatic carbocycles. The summed E-state index contributed by atoms with van der Waals surface area (Å²) in [4.78, 5) is 15.2. The van der Waals surface area contributed by atoms with E-state index < -0.39 is 0 Å². The highest BCUT2D eigenvalue weighted by atomic mass is 16.6. The van der Waals surface area contributed by atoms with E-state index in [0.717, 1.165) is 16.9 Å². The average Bonchev–Trinajstić information content (AvgIpc) is 2.76. The molecule has 0 saturated carbocycles. The van der Waals surface area contributed by atoms with E-state index in [1.54, 1.807) is 12.1 Å². The fraction of sp³-hybridized carbons (Fsp3) is 0.133. The number of nitro groups is 1. The molecule has 20 heavy (non-hydrogen) atoms. The Hall–Kier alpha value is -2.69. The number of nitro benzene ring substituents is 1. The van der Waals surface area contributed by atoms with Crippen LogP contribution in [0.3, 0.4) is 0 Å². The number of rotatable bonds is 3. The number of aromatic nitrogens is 2. The molecular formula is C15H13N3O2. The van der Waals surface area contributed by atoms with Crippen molar-refractivity contribution in [1.29, 1.82) is 0 Å². The molecule has 3 rings (SSSR count). The van der Waals surface area contributed by atoms with Gasteiger partial charge in [-0.05, 0) is 19.1 Å². The van der Waals surface area contributed by atoms with Crippen LogP contribution in [0.5, 0.6) is 0 Å². The number of fused-ring (bicyclic) bond motifs is 1. The molecule has 0 radical (unpaired) electrons. The highest BCUT2D eigenvalue weighted by Gasteiger charge is 2.15. The number of para-hydroxylation sites is 3. The Bertz CT molecular complexity index is 793. The van der Waals surface area contributed by atoms with Gasteiger partial charge >= 0.3 is 0 Å². The number of nitrogens with zero attached hydrogens (tertiary/aromatic N) is 3. The molecule has 0 unspecified atom stereocenters. The molecular weight excluding hydrogens is 254 g/mol. The van der Waals surface area contributed by atoms with E-state index in [1.165, 1.54) is 6.07 Å². The Morgan fingerprint density at radius 3 is 2.65 bits per heavy atom. The Labute approximate surface area is 115 Å². The van der Waals surface area contributed by atoms with Gasteiger partial charge in [0.2, 0.25) is 0 Å². The Balaban J connectivity index is 2.10. The van der Waals surface area contributed by atoms with Crippen LogP contribution in [-0.4, -0.2) is 14.5 Å². The van der Waals surface area contributed by atoms with Gasteiger partial charge in [-0.25, -0.2) is 4.98 Å². The van der Waals surface area contributed by atoms with Crippen molar-refractivity contribution in [2.24, 2.45) is 0 Å². The first-order chi connectivity index (χ1) is 9.66. The van der Waals surface area contributed by atoms with Crippen LogP contribution in [0.4, 0.5) is 5.69 Å². The van der Waals surface area contributed by atoms with Crippen LogP contribution in [-0.2, 0) is 6.54 Å². The Kier molecular flexibility index (Phi) is 2.95. The molecule has 0 atom stereocenters. The lowest BCUT2D eigenvalue weighted by Crippen LogP contribution is -2.04. The first kappa shape index (κ1) is 12.3. The third-order valence-corrected chi connectivity index (χ3v) is 3.36. The molecule has 0 spiro atoms. The monoisotopic (exact) mass is 267 g/mol. The van der Waals surface area contributed by atoms with Gasteiger partial charge in [-0.15, -0.1) is 0 Å². The van der Waals surface area contributed by atoms with E-state index in [2.05, 4.69) is 4.98 Å². The summed E-state index contributed by atoms with van der Waals surface area (Å²) < 4.78 is 2.00. The second kappa shape index (κ2) is 4.77. The van der Waals surface area contributed by atoms with Crippen LogP contribution in [0, 0.1) is 17.0 Å². The van der Waals surface area contributed by atoms with Gasteiger partial charge in [-0.3, -0.25) is 10.1 Å². The normalized spacial score (nSPS) is 10.8. The van der Waals surface area contributed by atoms with Gasteiger partial charge in [0.25, 0.3) is 5.69 Å². The summed E-state index contributed by atoms with van der Waals surface area (Å²) in [5.74, 6) is 0.851. The number of hydrogen-bond donors (Lipinski definition) is 0. The van der Waals surface area contributed by atoms with Gasteiger partial charge < -0.3 is 4.57 Å². The molecule has 3 aromatic rings. The lowest BCUT2D eigenvalue weighted by molar-refractivity contribution is -0.385. The van der Waals surface area contributed by atoms with Gasteiger partial charge in [0.05, 0.1) is 22.5 Å². The number of benzene rings is 2. The molecule has 1 heterocycles. The van der Waals surface area contributed by atoms with E-state index >= 15 is 0 Å². The zero-order valence-corrected chi connectivity index (χ0v) is 11.0. The average molecular weight is 267 g/mol. The summed E-state index contributed by atoms with van der Waals surface area (Å²) in [6.07, 6.45) is 0. The maximum atomic E-state index is 11.1. The van der Waals surface area contributed by atoms with Crippen LogP contribution in [0.25, 0.3) is 11.0 Å². The Morgan fingerprint density at radius 1 is 1.15 bits per heavy atom. The lowest BCUT2D eigenvalue weighted by Gasteiger charge is -2.07. The molecule has 0 aliphatic rings. The maximum Gasteiger partial charge on any atom is 0.274 e. The maximum absolute atomic E-state index is 11.1. The fourth-order valence-electron chi connectivity index (χ4n) is 2.39. The first-order valence-corrected chi connectivity index (χ1v) is 6.31. The minimum absolute atomic E-state index is 0.143. The third-order valence-electron chi connectivity index (χ3n) is 3.36. The summed E-state index contributed by atoms with van der Waals surface area (Å²) in [6.45, 7) is 2.36. The molecule has 0 fully saturated rings. The molecule has 5 heteroatoms.